The molecule has 0 atom stereocenters. The number of nitrogens with zero attached hydrogens (tertiary/aromatic N) is 2. The molecule has 2 heterocycles. The van der Waals surface area contributed by atoms with E-state index in [4.69, 9.17) is 37.9 Å². The van der Waals surface area contributed by atoms with Gasteiger partial charge in [0.25, 0.3) is 0 Å². The summed E-state index contributed by atoms with van der Waals surface area (Å²) in [6, 6.07) is 31.6. The molecule has 0 aromatic heterocycles. The zero-order valence-electron chi connectivity index (χ0n) is 32.6. The highest BCUT2D eigenvalue weighted by molar-refractivity contribution is 9.10. The van der Waals surface area contributed by atoms with Crippen LogP contribution in [0.5, 0.6) is 0 Å². The summed E-state index contributed by atoms with van der Waals surface area (Å²) < 4.78 is 48.5. The molecule has 3 aliphatic rings. The van der Waals surface area contributed by atoms with Gasteiger partial charge in [-0.25, -0.2) is 0 Å². The van der Waals surface area contributed by atoms with Crippen LogP contribution in [0.1, 0.15) is 22.3 Å². The molecule has 57 heavy (non-hydrogen) atoms. The third-order valence-corrected chi connectivity index (χ3v) is 11.6. The summed E-state index contributed by atoms with van der Waals surface area (Å²) in [6.07, 6.45) is 0. The quantitative estimate of drug-likeness (QED) is 0.183. The Morgan fingerprint density at radius 3 is 0.930 bits per heavy atom. The maximum atomic E-state index is 5.96. The predicted molar refractivity (Wildman–Crippen MR) is 230 cm³/mol. The minimum Gasteiger partial charge on any atom is -0.377 e. The third-order valence-electron chi connectivity index (χ3n) is 10.6. The molecule has 7 rings (SSSR count). The number of anilines is 2. The maximum absolute atomic E-state index is 5.96. The van der Waals surface area contributed by atoms with Crippen LogP contribution in [-0.2, 0) is 43.3 Å². The van der Waals surface area contributed by atoms with Gasteiger partial charge >= 0.3 is 0 Å². The van der Waals surface area contributed by atoms with E-state index in [-0.39, 0.29) is 0 Å². The van der Waals surface area contributed by atoms with E-state index in [1.807, 2.05) is 0 Å². The number of benzene rings is 4. The fourth-order valence-electron chi connectivity index (χ4n) is 7.86. The fourth-order valence-corrected chi connectivity index (χ4v) is 8.59. The largest absolute Gasteiger partial charge is 0.377 e. The van der Waals surface area contributed by atoms with E-state index >= 15 is 0 Å². The second-order valence-corrected chi connectivity index (χ2v) is 15.9. The summed E-state index contributed by atoms with van der Waals surface area (Å²) in [4.78, 5) is 4.68. The number of halogens is 2. The molecule has 1 aliphatic carbocycles. The summed E-state index contributed by atoms with van der Waals surface area (Å²) in [6.45, 7) is 12.0. The normalized spacial score (nSPS) is 20.0. The number of fused-ring (bicyclic) bond motifs is 3. The van der Waals surface area contributed by atoms with Crippen LogP contribution in [0.25, 0.3) is 11.1 Å². The summed E-state index contributed by atoms with van der Waals surface area (Å²) >= 11 is 7.69. The first kappa shape index (κ1) is 42.3. The molecule has 0 unspecified atom stereocenters. The topological polar surface area (TPSA) is 80.3 Å². The number of rotatable bonds is 4. The van der Waals surface area contributed by atoms with Gasteiger partial charge in [0.2, 0.25) is 0 Å². The third kappa shape index (κ3) is 10.8. The molecule has 4 aromatic rings. The molecule has 2 fully saturated rings. The van der Waals surface area contributed by atoms with Gasteiger partial charge in [-0.15, -0.1) is 0 Å². The summed E-state index contributed by atoms with van der Waals surface area (Å²) in [7, 11) is 0. The van der Waals surface area contributed by atoms with Crippen LogP contribution >= 0.6 is 31.9 Å². The lowest BCUT2D eigenvalue weighted by Gasteiger charge is -2.35. The Hall–Kier alpha value is -2.88. The first-order chi connectivity index (χ1) is 28.1. The van der Waals surface area contributed by atoms with Crippen LogP contribution in [-0.4, -0.2) is 132 Å². The lowest BCUT2D eigenvalue weighted by atomic mass is 9.67. The van der Waals surface area contributed by atoms with Gasteiger partial charge in [-0.1, -0.05) is 68.3 Å². The molecular weight excluding hydrogens is 856 g/mol. The molecule has 0 radical (unpaired) electrons. The van der Waals surface area contributed by atoms with Crippen molar-refractivity contribution in [2.75, 3.05) is 142 Å². The molecule has 306 valence electrons. The number of hydrogen-bond donors (Lipinski definition) is 0. The summed E-state index contributed by atoms with van der Waals surface area (Å²) in [5.41, 5.74) is 8.99. The first-order valence-electron chi connectivity index (χ1n) is 20.1. The molecule has 0 saturated carbocycles. The molecular formula is C45H54Br2N2O8. The zero-order valence-corrected chi connectivity index (χ0v) is 35.8. The summed E-state index contributed by atoms with van der Waals surface area (Å²) in [5.74, 6) is 0. The van der Waals surface area contributed by atoms with Crippen molar-refractivity contribution < 1.29 is 37.9 Å². The Kier molecular flexibility index (Phi) is 16.3. The first-order valence-corrected chi connectivity index (χ1v) is 21.7. The molecule has 4 aromatic carbocycles. The fraction of sp³-hybridized carbons (Fsp3) is 0.467. The van der Waals surface area contributed by atoms with E-state index in [9.17, 15) is 0 Å². The van der Waals surface area contributed by atoms with E-state index < -0.39 is 5.41 Å². The van der Waals surface area contributed by atoms with E-state index in [1.165, 1.54) is 33.4 Å². The lowest BCUT2D eigenvalue weighted by molar-refractivity contribution is 0.00206. The Labute approximate surface area is 353 Å². The van der Waals surface area contributed by atoms with Crippen molar-refractivity contribution in [2.24, 2.45) is 0 Å². The Balaban J connectivity index is 1.22. The van der Waals surface area contributed by atoms with Crippen molar-refractivity contribution >= 4 is 43.2 Å². The zero-order chi connectivity index (χ0) is 39.1. The van der Waals surface area contributed by atoms with Gasteiger partial charge in [0.05, 0.1) is 111 Å². The Bertz CT molecular complexity index is 1660. The van der Waals surface area contributed by atoms with Crippen LogP contribution in [0.15, 0.2) is 93.9 Å². The van der Waals surface area contributed by atoms with Crippen LogP contribution in [0.4, 0.5) is 11.4 Å². The Morgan fingerprint density at radius 2 is 0.632 bits per heavy atom. The molecule has 0 spiro atoms. The van der Waals surface area contributed by atoms with Gasteiger partial charge in [-0.3, -0.25) is 0 Å². The van der Waals surface area contributed by atoms with E-state index in [2.05, 4.69) is 127 Å². The van der Waals surface area contributed by atoms with E-state index in [1.54, 1.807) is 0 Å². The lowest BCUT2D eigenvalue weighted by Crippen LogP contribution is -2.32. The number of hydrogen-bond acceptors (Lipinski definition) is 10. The van der Waals surface area contributed by atoms with Crippen LogP contribution in [0.3, 0.4) is 0 Å². The molecule has 0 amide bonds. The highest BCUT2D eigenvalue weighted by atomic mass is 79.9. The van der Waals surface area contributed by atoms with Gasteiger partial charge < -0.3 is 47.7 Å². The van der Waals surface area contributed by atoms with Gasteiger partial charge in [0.15, 0.2) is 0 Å². The second kappa shape index (κ2) is 21.9. The molecule has 12 heteroatoms. The van der Waals surface area contributed by atoms with Crippen molar-refractivity contribution in [3.63, 3.8) is 0 Å². The average Bonchev–Trinajstić information content (AvgIpc) is 3.49. The van der Waals surface area contributed by atoms with Gasteiger partial charge in [-0.2, -0.15) is 0 Å². The second-order valence-electron chi connectivity index (χ2n) is 14.1. The van der Waals surface area contributed by atoms with Gasteiger partial charge in [-0.05, 0) is 81.9 Å². The van der Waals surface area contributed by atoms with Crippen LogP contribution in [0.2, 0.25) is 0 Å². The van der Waals surface area contributed by atoms with E-state index in [0.29, 0.717) is 106 Å². The molecule has 0 N–H and O–H groups in total. The maximum Gasteiger partial charge on any atom is 0.0714 e. The molecule has 10 nitrogen and oxygen atoms in total. The minimum absolute atomic E-state index is 0.554. The SMILES string of the molecule is Brc1ccc2c(c1)C(c1ccc(N3CCOCCOCCOCCOCC3)cc1)(c1ccc(N3CCOCCOCCOCCOCC3)cc1)c1cc(Br)ccc1-2. The average molecular weight is 911 g/mol. The summed E-state index contributed by atoms with van der Waals surface area (Å²) in [5, 5.41) is 0. The van der Waals surface area contributed by atoms with Gasteiger partial charge in [0, 0.05) is 46.5 Å². The van der Waals surface area contributed by atoms with E-state index in [0.717, 1.165) is 46.5 Å². The minimum atomic E-state index is -0.581. The Morgan fingerprint density at radius 1 is 0.351 bits per heavy atom. The molecule has 0 bridgehead atoms. The van der Waals surface area contributed by atoms with Crippen LogP contribution in [0, 0.1) is 0 Å². The molecule has 2 aliphatic heterocycles. The molecule has 2 saturated heterocycles. The van der Waals surface area contributed by atoms with Gasteiger partial charge in [0.1, 0.15) is 0 Å². The number of ether oxygens (including phenoxy) is 8. The van der Waals surface area contributed by atoms with Crippen molar-refractivity contribution in [3.05, 3.63) is 116 Å². The van der Waals surface area contributed by atoms with Crippen LogP contribution < -0.4 is 9.80 Å². The highest BCUT2D eigenvalue weighted by Crippen LogP contribution is 2.57. The van der Waals surface area contributed by atoms with Crippen molar-refractivity contribution in [1.29, 1.82) is 0 Å². The van der Waals surface area contributed by atoms with Crippen molar-refractivity contribution in [3.8, 4) is 11.1 Å². The predicted octanol–water partition coefficient (Wildman–Crippen LogP) is 7.35. The monoisotopic (exact) mass is 908 g/mol. The van der Waals surface area contributed by atoms with Crippen molar-refractivity contribution in [1.82, 2.24) is 0 Å². The smallest absolute Gasteiger partial charge is 0.0714 e. The standard InChI is InChI=1S/C45H54Br2N2O8/c46-37-5-11-41-42-12-6-38(47)34-44(42)45(43(41)33-37,35-1-7-39(8-2-35)48-13-17-50-21-25-54-29-30-55-26-22-51-18-14-48)36-3-9-40(10-4-36)49-15-19-52-23-27-56-31-32-57-28-24-53-20-16-49/h1-12,33-34H,13-32H2. The highest BCUT2D eigenvalue weighted by Gasteiger charge is 2.46. The van der Waals surface area contributed by atoms with Crippen molar-refractivity contribution in [2.45, 2.75) is 5.41 Å².